The average Bonchev–Trinajstić information content (AvgIpc) is 2.56. The fraction of sp³-hybridized carbons (Fsp3) is 0.625. The van der Waals surface area contributed by atoms with Crippen LogP contribution in [-0.4, -0.2) is 30.1 Å². The molecule has 1 aliphatic heterocycles. The van der Waals surface area contributed by atoms with Crippen LogP contribution in [0.3, 0.4) is 0 Å². The Morgan fingerprint density at radius 3 is 2.74 bits per heavy atom. The summed E-state index contributed by atoms with van der Waals surface area (Å²) >= 11 is 3.50. The molecule has 0 amide bonds. The van der Waals surface area contributed by atoms with E-state index < -0.39 is 0 Å². The first-order valence-corrected chi connectivity index (χ1v) is 8.20. The summed E-state index contributed by atoms with van der Waals surface area (Å²) in [6.07, 6.45) is 3.79. The minimum absolute atomic E-state index is 0.658. The van der Waals surface area contributed by atoms with Gasteiger partial charge in [-0.15, -0.1) is 0 Å². The van der Waals surface area contributed by atoms with Crippen molar-refractivity contribution in [1.29, 1.82) is 0 Å². The zero-order valence-corrected chi connectivity index (χ0v) is 13.6. The fourth-order valence-corrected chi connectivity index (χ4v) is 3.06. The molecule has 0 saturated carbocycles. The molecule has 0 bridgehead atoms. The smallest absolute Gasteiger partial charge is 0.0237 e. The van der Waals surface area contributed by atoms with Crippen LogP contribution in [0.2, 0.25) is 0 Å². The number of hydrogen-bond donors (Lipinski definition) is 1. The van der Waals surface area contributed by atoms with Crippen molar-refractivity contribution in [2.75, 3.05) is 13.1 Å². The van der Waals surface area contributed by atoms with Crippen LogP contribution < -0.4 is 5.32 Å². The van der Waals surface area contributed by atoms with Gasteiger partial charge in [-0.2, -0.15) is 0 Å². The summed E-state index contributed by atoms with van der Waals surface area (Å²) in [5.41, 5.74) is 1.41. The van der Waals surface area contributed by atoms with Crippen LogP contribution in [0.4, 0.5) is 0 Å². The summed E-state index contributed by atoms with van der Waals surface area (Å²) < 4.78 is 1.16. The van der Waals surface area contributed by atoms with Crippen molar-refractivity contribution >= 4 is 15.9 Å². The Morgan fingerprint density at radius 2 is 2.05 bits per heavy atom. The lowest BCUT2D eigenvalue weighted by atomic mass is 10.1. The normalized spacial score (nSPS) is 25.2. The lowest BCUT2D eigenvalue weighted by Crippen LogP contribution is -2.39. The van der Waals surface area contributed by atoms with E-state index in [1.807, 2.05) is 0 Å². The standard InChI is InChI=1S/C16H25BrN2/c1-3-4-16-12-19(13(2)9-10-18-16)11-14-5-7-15(17)8-6-14/h5-8,13,16,18H,3-4,9-12H2,1-2H3. The van der Waals surface area contributed by atoms with Crippen LogP contribution in [-0.2, 0) is 6.54 Å². The number of rotatable bonds is 4. The Kier molecular flexibility index (Phi) is 5.86. The average molecular weight is 325 g/mol. The van der Waals surface area contributed by atoms with Gasteiger partial charge >= 0.3 is 0 Å². The van der Waals surface area contributed by atoms with E-state index in [-0.39, 0.29) is 0 Å². The molecule has 2 atom stereocenters. The number of benzene rings is 1. The highest BCUT2D eigenvalue weighted by Crippen LogP contribution is 2.17. The van der Waals surface area contributed by atoms with Crippen LogP contribution >= 0.6 is 15.9 Å². The van der Waals surface area contributed by atoms with Crippen LogP contribution in [0, 0.1) is 0 Å². The number of halogens is 1. The summed E-state index contributed by atoms with van der Waals surface area (Å²) in [5, 5.41) is 3.69. The van der Waals surface area contributed by atoms with Crippen LogP contribution in [0.1, 0.15) is 38.7 Å². The highest BCUT2D eigenvalue weighted by atomic mass is 79.9. The fourth-order valence-electron chi connectivity index (χ4n) is 2.79. The van der Waals surface area contributed by atoms with Crippen LogP contribution in [0.5, 0.6) is 0 Å². The molecule has 19 heavy (non-hydrogen) atoms. The van der Waals surface area contributed by atoms with Gasteiger partial charge in [-0.1, -0.05) is 41.4 Å². The molecule has 1 aromatic carbocycles. The largest absolute Gasteiger partial charge is 0.313 e. The van der Waals surface area contributed by atoms with Gasteiger partial charge < -0.3 is 5.32 Å². The Bertz CT molecular complexity index is 377. The minimum atomic E-state index is 0.658. The first-order valence-electron chi connectivity index (χ1n) is 7.41. The van der Waals surface area contributed by atoms with Gasteiger partial charge in [0.05, 0.1) is 0 Å². The maximum atomic E-state index is 3.69. The lowest BCUT2D eigenvalue weighted by molar-refractivity contribution is 0.193. The third-order valence-electron chi connectivity index (χ3n) is 4.01. The van der Waals surface area contributed by atoms with Crippen molar-refractivity contribution in [2.24, 2.45) is 0 Å². The Labute approximate surface area is 125 Å². The molecule has 1 saturated heterocycles. The third kappa shape index (κ3) is 4.59. The summed E-state index contributed by atoms with van der Waals surface area (Å²) in [5.74, 6) is 0. The van der Waals surface area contributed by atoms with Crippen molar-refractivity contribution < 1.29 is 0 Å². The summed E-state index contributed by atoms with van der Waals surface area (Å²) in [6.45, 7) is 8.02. The highest BCUT2D eigenvalue weighted by molar-refractivity contribution is 9.10. The number of nitrogens with one attached hydrogen (secondary N) is 1. The van der Waals surface area contributed by atoms with E-state index in [1.165, 1.54) is 31.4 Å². The first kappa shape index (κ1) is 15.0. The molecule has 0 spiro atoms. The molecular weight excluding hydrogens is 300 g/mol. The molecule has 2 unspecified atom stereocenters. The van der Waals surface area contributed by atoms with E-state index in [4.69, 9.17) is 0 Å². The van der Waals surface area contributed by atoms with Crippen molar-refractivity contribution in [3.05, 3.63) is 34.3 Å². The van der Waals surface area contributed by atoms with E-state index in [1.54, 1.807) is 0 Å². The molecule has 0 aliphatic carbocycles. The second kappa shape index (κ2) is 7.41. The predicted molar refractivity (Wildman–Crippen MR) is 85.3 cm³/mol. The zero-order valence-electron chi connectivity index (χ0n) is 12.0. The Balaban J connectivity index is 2.00. The SMILES string of the molecule is CCCC1CN(Cc2ccc(Br)cc2)C(C)CCN1. The van der Waals surface area contributed by atoms with Gasteiger partial charge in [0.25, 0.3) is 0 Å². The van der Waals surface area contributed by atoms with Crippen molar-refractivity contribution in [3.8, 4) is 0 Å². The van der Waals surface area contributed by atoms with E-state index in [2.05, 4.69) is 64.3 Å². The maximum absolute atomic E-state index is 3.69. The molecule has 3 heteroatoms. The summed E-state index contributed by atoms with van der Waals surface area (Å²) in [4.78, 5) is 2.63. The second-order valence-corrected chi connectivity index (χ2v) is 6.55. The monoisotopic (exact) mass is 324 g/mol. The topological polar surface area (TPSA) is 15.3 Å². The molecule has 0 aromatic heterocycles. The number of hydrogen-bond acceptors (Lipinski definition) is 2. The van der Waals surface area contributed by atoms with Gasteiger partial charge in [-0.05, 0) is 44.0 Å². The molecule has 2 rings (SSSR count). The van der Waals surface area contributed by atoms with Crippen molar-refractivity contribution in [3.63, 3.8) is 0 Å². The van der Waals surface area contributed by atoms with Gasteiger partial charge in [0.15, 0.2) is 0 Å². The van der Waals surface area contributed by atoms with Gasteiger partial charge in [0.1, 0.15) is 0 Å². The predicted octanol–water partition coefficient (Wildman–Crippen LogP) is 3.80. The van der Waals surface area contributed by atoms with E-state index in [0.717, 1.165) is 17.6 Å². The first-order chi connectivity index (χ1) is 9.19. The van der Waals surface area contributed by atoms with Crippen molar-refractivity contribution in [1.82, 2.24) is 10.2 Å². The third-order valence-corrected chi connectivity index (χ3v) is 4.54. The van der Waals surface area contributed by atoms with Gasteiger partial charge in [0.2, 0.25) is 0 Å². The second-order valence-electron chi connectivity index (χ2n) is 5.63. The summed E-state index contributed by atoms with van der Waals surface area (Å²) in [6, 6.07) is 10.1. The molecule has 1 aliphatic rings. The quantitative estimate of drug-likeness (QED) is 0.906. The van der Waals surface area contributed by atoms with E-state index in [9.17, 15) is 0 Å². The molecule has 1 fully saturated rings. The zero-order chi connectivity index (χ0) is 13.7. The van der Waals surface area contributed by atoms with Crippen molar-refractivity contribution in [2.45, 2.75) is 51.7 Å². The Morgan fingerprint density at radius 1 is 1.32 bits per heavy atom. The highest BCUT2D eigenvalue weighted by Gasteiger charge is 2.22. The minimum Gasteiger partial charge on any atom is -0.313 e. The Hall–Kier alpha value is -0.380. The van der Waals surface area contributed by atoms with Gasteiger partial charge in [-0.25, -0.2) is 0 Å². The van der Waals surface area contributed by atoms with Gasteiger partial charge in [-0.3, -0.25) is 4.90 Å². The van der Waals surface area contributed by atoms with E-state index in [0.29, 0.717) is 12.1 Å². The molecule has 106 valence electrons. The molecule has 1 heterocycles. The van der Waals surface area contributed by atoms with Crippen LogP contribution in [0.15, 0.2) is 28.7 Å². The maximum Gasteiger partial charge on any atom is 0.0237 e. The molecule has 0 radical (unpaired) electrons. The molecule has 1 aromatic rings. The molecule has 2 nitrogen and oxygen atoms in total. The van der Waals surface area contributed by atoms with Crippen LogP contribution in [0.25, 0.3) is 0 Å². The number of nitrogens with zero attached hydrogens (tertiary/aromatic N) is 1. The summed E-state index contributed by atoms with van der Waals surface area (Å²) in [7, 11) is 0. The molecular formula is C16H25BrN2. The van der Waals surface area contributed by atoms with Gasteiger partial charge in [0, 0.05) is 29.6 Å². The molecule has 1 N–H and O–H groups in total. The lowest BCUT2D eigenvalue weighted by Gasteiger charge is -2.29. The van der Waals surface area contributed by atoms with E-state index >= 15 is 0 Å².